The molecule has 4 aromatic rings. The molecule has 0 saturated carbocycles. The van der Waals surface area contributed by atoms with Gasteiger partial charge >= 0.3 is 5.97 Å². The zero-order chi connectivity index (χ0) is 23.2. The molecule has 33 heavy (non-hydrogen) atoms. The Bertz CT molecular complexity index is 1270. The van der Waals surface area contributed by atoms with Crippen molar-refractivity contribution in [1.29, 1.82) is 0 Å². The van der Waals surface area contributed by atoms with Crippen molar-refractivity contribution in [1.82, 2.24) is 15.3 Å². The van der Waals surface area contributed by atoms with Gasteiger partial charge in [0.1, 0.15) is 11.9 Å². The number of nitrogens with one attached hydrogen (secondary N) is 3. The lowest BCUT2D eigenvalue weighted by Crippen LogP contribution is -2.43. The van der Waals surface area contributed by atoms with Crippen molar-refractivity contribution in [3.8, 4) is 0 Å². The predicted octanol–water partition coefficient (Wildman–Crippen LogP) is 3.80. The van der Waals surface area contributed by atoms with Crippen LogP contribution in [0.1, 0.15) is 15.2 Å². The van der Waals surface area contributed by atoms with E-state index >= 15 is 0 Å². The second-order valence-electron chi connectivity index (χ2n) is 7.08. The number of ether oxygens (including phenoxy) is 1. The summed E-state index contributed by atoms with van der Waals surface area (Å²) in [6.07, 6.45) is 3.38. The van der Waals surface area contributed by atoms with Crippen LogP contribution in [0.15, 0.2) is 66.3 Å². The minimum absolute atomic E-state index is 0.195. The van der Waals surface area contributed by atoms with Crippen LogP contribution in [0.3, 0.4) is 0 Å². The van der Waals surface area contributed by atoms with E-state index in [2.05, 4.69) is 20.6 Å². The fourth-order valence-corrected chi connectivity index (χ4v) is 3.96. The Morgan fingerprint density at radius 1 is 1.12 bits per heavy atom. The fraction of sp³-hybridized carbons (Fsp3) is 0.130. The Hall–Kier alpha value is -3.69. The number of halogens is 1. The second kappa shape index (κ2) is 10.3. The Labute approximate surface area is 197 Å². The standard InChI is InChI=1S/C23H19ClN4O4S/c24-15-7-8-20(26-12-15)28-21(29)13-32-23(31)18(27-22(30)19-6-3-9-33-19)10-14-11-25-17-5-2-1-4-16(14)17/h1-9,11-12,18,25H,10,13H2,(H,27,30)(H,26,28,29). The number of hydrogen-bond acceptors (Lipinski definition) is 6. The number of anilines is 1. The Balaban J connectivity index is 1.44. The monoisotopic (exact) mass is 482 g/mol. The molecule has 1 atom stereocenters. The van der Waals surface area contributed by atoms with E-state index in [-0.39, 0.29) is 18.1 Å². The molecule has 0 saturated heterocycles. The first-order valence-electron chi connectivity index (χ1n) is 9.97. The van der Waals surface area contributed by atoms with Gasteiger partial charge < -0.3 is 20.4 Å². The summed E-state index contributed by atoms with van der Waals surface area (Å²) in [6.45, 7) is -0.525. The number of aromatic amines is 1. The van der Waals surface area contributed by atoms with E-state index in [4.69, 9.17) is 16.3 Å². The molecular formula is C23H19ClN4O4S. The van der Waals surface area contributed by atoms with Crippen LogP contribution in [0.4, 0.5) is 5.82 Å². The largest absolute Gasteiger partial charge is 0.454 e. The number of hydrogen-bond donors (Lipinski definition) is 3. The van der Waals surface area contributed by atoms with Gasteiger partial charge in [-0.25, -0.2) is 9.78 Å². The van der Waals surface area contributed by atoms with Crippen LogP contribution in [-0.4, -0.2) is 40.4 Å². The third-order valence-electron chi connectivity index (χ3n) is 4.77. The van der Waals surface area contributed by atoms with Gasteiger partial charge in [-0.2, -0.15) is 0 Å². The summed E-state index contributed by atoms with van der Waals surface area (Å²) >= 11 is 7.04. The van der Waals surface area contributed by atoms with Crippen LogP contribution < -0.4 is 10.6 Å². The van der Waals surface area contributed by atoms with E-state index in [1.165, 1.54) is 23.6 Å². The summed E-state index contributed by atoms with van der Waals surface area (Å²) in [5.74, 6) is -1.39. The van der Waals surface area contributed by atoms with Gasteiger partial charge in [-0.15, -0.1) is 11.3 Å². The first kappa shape index (κ1) is 22.5. The number of carbonyl (C=O) groups excluding carboxylic acids is 3. The number of thiophene rings is 1. The number of fused-ring (bicyclic) bond motifs is 1. The Morgan fingerprint density at radius 2 is 1.97 bits per heavy atom. The summed E-state index contributed by atoms with van der Waals surface area (Å²) < 4.78 is 5.21. The number of carbonyl (C=O) groups is 3. The molecular weight excluding hydrogens is 464 g/mol. The van der Waals surface area contributed by atoms with Crippen molar-refractivity contribution in [3.63, 3.8) is 0 Å². The zero-order valence-electron chi connectivity index (χ0n) is 17.2. The number of rotatable bonds is 8. The first-order chi connectivity index (χ1) is 16.0. The maximum absolute atomic E-state index is 12.9. The lowest BCUT2D eigenvalue weighted by molar-refractivity contribution is -0.149. The van der Waals surface area contributed by atoms with Crippen LogP contribution >= 0.6 is 22.9 Å². The molecule has 3 heterocycles. The molecule has 0 spiro atoms. The summed E-state index contributed by atoms with van der Waals surface area (Å²) in [5.41, 5.74) is 1.76. The molecule has 3 aromatic heterocycles. The SMILES string of the molecule is O=C(COC(=O)C(Cc1c[nH]c2ccccc12)NC(=O)c1cccs1)Nc1ccc(Cl)cn1. The van der Waals surface area contributed by atoms with Gasteiger partial charge in [0.2, 0.25) is 0 Å². The van der Waals surface area contributed by atoms with E-state index in [1.807, 2.05) is 24.3 Å². The lowest BCUT2D eigenvalue weighted by Gasteiger charge is -2.17. The zero-order valence-corrected chi connectivity index (χ0v) is 18.8. The van der Waals surface area contributed by atoms with Crippen LogP contribution in [-0.2, 0) is 20.7 Å². The van der Waals surface area contributed by atoms with E-state index in [9.17, 15) is 14.4 Å². The number of H-pyrrole nitrogens is 1. The van der Waals surface area contributed by atoms with E-state index in [0.29, 0.717) is 9.90 Å². The molecule has 2 amide bonds. The summed E-state index contributed by atoms with van der Waals surface area (Å²) in [6, 6.07) is 13.2. The average Bonchev–Trinajstić information content (AvgIpc) is 3.49. The Morgan fingerprint density at radius 3 is 2.73 bits per heavy atom. The van der Waals surface area contributed by atoms with Gasteiger partial charge in [-0.05, 0) is 35.2 Å². The first-order valence-corrected chi connectivity index (χ1v) is 11.2. The third-order valence-corrected chi connectivity index (χ3v) is 5.87. The van der Waals surface area contributed by atoms with Crippen LogP contribution in [0.5, 0.6) is 0 Å². The Kier molecular flexibility index (Phi) is 7.01. The van der Waals surface area contributed by atoms with Crippen molar-refractivity contribution < 1.29 is 19.1 Å². The van der Waals surface area contributed by atoms with Gasteiger partial charge in [-0.1, -0.05) is 35.9 Å². The number of esters is 1. The molecule has 1 aromatic carbocycles. The molecule has 0 radical (unpaired) electrons. The van der Waals surface area contributed by atoms with Gasteiger partial charge in [0.05, 0.1) is 9.90 Å². The molecule has 0 aliphatic heterocycles. The van der Waals surface area contributed by atoms with Crippen LogP contribution in [0.25, 0.3) is 10.9 Å². The highest BCUT2D eigenvalue weighted by atomic mass is 35.5. The van der Waals surface area contributed by atoms with E-state index in [0.717, 1.165) is 16.5 Å². The number of pyridine rings is 1. The van der Waals surface area contributed by atoms with E-state index < -0.39 is 24.5 Å². The van der Waals surface area contributed by atoms with Crippen molar-refractivity contribution in [2.45, 2.75) is 12.5 Å². The third kappa shape index (κ3) is 5.76. The molecule has 0 bridgehead atoms. The number of para-hydroxylation sites is 1. The number of aromatic nitrogens is 2. The molecule has 0 fully saturated rings. The number of benzene rings is 1. The molecule has 168 valence electrons. The molecule has 1 unspecified atom stereocenters. The predicted molar refractivity (Wildman–Crippen MR) is 126 cm³/mol. The quantitative estimate of drug-likeness (QED) is 0.330. The van der Waals surface area contributed by atoms with Gasteiger partial charge in [0, 0.05) is 29.7 Å². The highest BCUT2D eigenvalue weighted by Crippen LogP contribution is 2.20. The van der Waals surface area contributed by atoms with Crippen molar-refractivity contribution in [3.05, 3.63) is 81.8 Å². The fourth-order valence-electron chi connectivity index (χ4n) is 3.22. The molecule has 4 rings (SSSR count). The highest BCUT2D eigenvalue weighted by Gasteiger charge is 2.25. The summed E-state index contributed by atoms with van der Waals surface area (Å²) in [5, 5.41) is 8.39. The molecule has 0 aliphatic rings. The van der Waals surface area contributed by atoms with Crippen molar-refractivity contribution >= 4 is 57.4 Å². The van der Waals surface area contributed by atoms with Crippen molar-refractivity contribution in [2.24, 2.45) is 0 Å². The maximum atomic E-state index is 12.9. The van der Waals surface area contributed by atoms with Crippen LogP contribution in [0.2, 0.25) is 5.02 Å². The average molecular weight is 483 g/mol. The number of nitrogens with zero attached hydrogens (tertiary/aromatic N) is 1. The minimum Gasteiger partial charge on any atom is -0.454 e. The van der Waals surface area contributed by atoms with Crippen LogP contribution in [0, 0.1) is 0 Å². The molecule has 3 N–H and O–H groups in total. The molecule has 8 nitrogen and oxygen atoms in total. The van der Waals surface area contributed by atoms with E-state index in [1.54, 1.807) is 29.8 Å². The van der Waals surface area contributed by atoms with Gasteiger partial charge in [0.25, 0.3) is 11.8 Å². The van der Waals surface area contributed by atoms with Gasteiger partial charge in [-0.3, -0.25) is 9.59 Å². The lowest BCUT2D eigenvalue weighted by atomic mass is 10.0. The second-order valence-corrected chi connectivity index (χ2v) is 8.47. The minimum atomic E-state index is -0.986. The number of amides is 2. The van der Waals surface area contributed by atoms with Crippen molar-refractivity contribution in [2.75, 3.05) is 11.9 Å². The maximum Gasteiger partial charge on any atom is 0.329 e. The summed E-state index contributed by atoms with van der Waals surface area (Å²) in [7, 11) is 0. The normalized spacial score (nSPS) is 11.7. The smallest absolute Gasteiger partial charge is 0.329 e. The molecule has 0 aliphatic carbocycles. The highest BCUT2D eigenvalue weighted by molar-refractivity contribution is 7.12. The molecule has 10 heteroatoms. The van der Waals surface area contributed by atoms with Gasteiger partial charge in [0.15, 0.2) is 6.61 Å². The topological polar surface area (TPSA) is 113 Å². The summed E-state index contributed by atoms with van der Waals surface area (Å²) in [4.78, 5) is 45.2.